The van der Waals surface area contributed by atoms with Crippen LogP contribution in [0.15, 0.2) is 0 Å². The number of carbonyl (C=O) groups excluding carboxylic acids is 1. The summed E-state index contributed by atoms with van der Waals surface area (Å²) in [4.78, 5) is 13.0. The van der Waals surface area contributed by atoms with Gasteiger partial charge in [-0.2, -0.15) is 0 Å². The van der Waals surface area contributed by atoms with E-state index in [1.54, 1.807) is 19.0 Å². The van der Waals surface area contributed by atoms with Crippen LogP contribution in [0.4, 0.5) is 4.79 Å². The summed E-state index contributed by atoms with van der Waals surface area (Å²) in [7, 11) is 3.58. The highest BCUT2D eigenvalue weighted by molar-refractivity contribution is 5.73. The van der Waals surface area contributed by atoms with Gasteiger partial charge >= 0.3 is 6.03 Å². The van der Waals surface area contributed by atoms with E-state index in [0.717, 1.165) is 24.3 Å². The van der Waals surface area contributed by atoms with E-state index in [1.807, 2.05) is 0 Å². The summed E-state index contributed by atoms with van der Waals surface area (Å²) in [5.41, 5.74) is 0. The molecule has 3 heteroatoms. The van der Waals surface area contributed by atoms with Crippen molar-refractivity contribution in [2.24, 2.45) is 17.8 Å². The van der Waals surface area contributed by atoms with Crippen molar-refractivity contribution in [1.82, 2.24) is 10.2 Å². The molecule has 2 saturated carbocycles. The molecule has 0 unspecified atom stereocenters. The van der Waals surface area contributed by atoms with Gasteiger partial charge in [-0.3, -0.25) is 0 Å². The van der Waals surface area contributed by atoms with Crippen molar-refractivity contribution < 1.29 is 4.79 Å². The Labute approximate surface area is 85.8 Å². The molecule has 0 aromatic carbocycles. The highest BCUT2D eigenvalue weighted by Crippen LogP contribution is 2.48. The summed E-state index contributed by atoms with van der Waals surface area (Å²) >= 11 is 0. The summed E-state index contributed by atoms with van der Waals surface area (Å²) in [5.74, 6) is 2.62. The molecule has 0 heterocycles. The number of amides is 2. The van der Waals surface area contributed by atoms with Gasteiger partial charge in [0.25, 0.3) is 0 Å². The molecule has 0 aromatic rings. The lowest BCUT2D eigenvalue weighted by Gasteiger charge is -2.18. The molecule has 2 rings (SSSR count). The molecule has 0 aliphatic heterocycles. The second-order valence-electron chi connectivity index (χ2n) is 4.92. The Balaban J connectivity index is 1.74. The number of nitrogens with zero attached hydrogens (tertiary/aromatic N) is 1. The first-order valence-electron chi connectivity index (χ1n) is 5.63. The fraction of sp³-hybridized carbons (Fsp3) is 0.909. The molecule has 0 saturated heterocycles. The van der Waals surface area contributed by atoms with Crippen LogP contribution >= 0.6 is 0 Å². The number of urea groups is 1. The van der Waals surface area contributed by atoms with E-state index in [-0.39, 0.29) is 6.03 Å². The maximum atomic E-state index is 11.3. The Kier molecular flexibility index (Phi) is 2.66. The Morgan fingerprint density at radius 3 is 2.14 bits per heavy atom. The van der Waals surface area contributed by atoms with Crippen LogP contribution in [-0.2, 0) is 0 Å². The zero-order valence-electron chi connectivity index (χ0n) is 9.12. The van der Waals surface area contributed by atoms with Gasteiger partial charge in [0.1, 0.15) is 0 Å². The van der Waals surface area contributed by atoms with Gasteiger partial charge in [0.2, 0.25) is 0 Å². The van der Waals surface area contributed by atoms with Gasteiger partial charge in [0.15, 0.2) is 0 Å². The number of nitrogens with one attached hydrogen (secondary N) is 1. The van der Waals surface area contributed by atoms with Crippen LogP contribution in [0.5, 0.6) is 0 Å². The Hall–Kier alpha value is -0.730. The maximum absolute atomic E-state index is 11.3. The van der Waals surface area contributed by atoms with Crippen LogP contribution in [0.3, 0.4) is 0 Å². The minimum absolute atomic E-state index is 0.0521. The lowest BCUT2D eigenvalue weighted by Crippen LogP contribution is -2.38. The lowest BCUT2D eigenvalue weighted by molar-refractivity contribution is 0.213. The monoisotopic (exact) mass is 196 g/mol. The molecule has 0 spiro atoms. The average molecular weight is 196 g/mol. The van der Waals surface area contributed by atoms with E-state index >= 15 is 0 Å². The number of hydrogen-bond donors (Lipinski definition) is 1. The zero-order valence-corrected chi connectivity index (χ0v) is 9.12. The highest BCUT2D eigenvalue weighted by Gasteiger charge is 2.41. The van der Waals surface area contributed by atoms with Crippen LogP contribution in [-0.4, -0.2) is 31.6 Å². The van der Waals surface area contributed by atoms with Gasteiger partial charge in [0, 0.05) is 20.6 Å². The molecule has 0 radical (unpaired) electrons. The fourth-order valence-electron chi connectivity index (χ4n) is 2.13. The van der Waals surface area contributed by atoms with Crippen LogP contribution in [0.2, 0.25) is 0 Å². The topological polar surface area (TPSA) is 32.3 Å². The smallest absolute Gasteiger partial charge is 0.316 e. The average Bonchev–Trinajstić information content (AvgIpc) is 2.99. The fourth-order valence-corrected chi connectivity index (χ4v) is 2.13. The van der Waals surface area contributed by atoms with Crippen molar-refractivity contribution in [2.75, 3.05) is 20.6 Å². The van der Waals surface area contributed by atoms with Crippen LogP contribution in [0.25, 0.3) is 0 Å². The minimum atomic E-state index is 0.0521. The standard InChI is InChI=1S/C11H20N2O/c1-13(2)11(14)12-7-10(8-3-4-8)9-5-6-9/h8-10H,3-7H2,1-2H3,(H,12,14). The van der Waals surface area contributed by atoms with Gasteiger partial charge in [-0.1, -0.05) is 0 Å². The van der Waals surface area contributed by atoms with Crippen molar-refractivity contribution in [3.8, 4) is 0 Å². The highest BCUT2D eigenvalue weighted by atomic mass is 16.2. The maximum Gasteiger partial charge on any atom is 0.316 e. The molecule has 80 valence electrons. The zero-order chi connectivity index (χ0) is 10.1. The summed E-state index contributed by atoms with van der Waals surface area (Å²) < 4.78 is 0. The summed E-state index contributed by atoms with van der Waals surface area (Å²) in [6, 6.07) is 0.0521. The van der Waals surface area contributed by atoms with Crippen LogP contribution in [0, 0.1) is 17.8 Å². The van der Waals surface area contributed by atoms with E-state index in [9.17, 15) is 4.79 Å². The first kappa shape index (κ1) is 9.81. The molecule has 0 atom stereocenters. The first-order valence-corrected chi connectivity index (χ1v) is 5.63. The Morgan fingerprint density at radius 1 is 1.29 bits per heavy atom. The van der Waals surface area contributed by atoms with Crippen molar-refractivity contribution >= 4 is 6.03 Å². The van der Waals surface area contributed by atoms with Gasteiger partial charge in [-0.15, -0.1) is 0 Å². The molecule has 0 bridgehead atoms. The van der Waals surface area contributed by atoms with Crippen molar-refractivity contribution in [2.45, 2.75) is 25.7 Å². The van der Waals surface area contributed by atoms with Gasteiger partial charge in [-0.05, 0) is 43.4 Å². The third-order valence-electron chi connectivity index (χ3n) is 3.35. The third-order valence-corrected chi connectivity index (χ3v) is 3.35. The van der Waals surface area contributed by atoms with E-state index < -0.39 is 0 Å². The predicted octanol–water partition coefficient (Wildman–Crippen LogP) is 1.69. The molecule has 2 aliphatic rings. The van der Waals surface area contributed by atoms with Crippen LogP contribution in [0.1, 0.15) is 25.7 Å². The van der Waals surface area contributed by atoms with Gasteiger partial charge in [0.05, 0.1) is 0 Å². The van der Waals surface area contributed by atoms with Crippen LogP contribution < -0.4 is 5.32 Å². The molecule has 14 heavy (non-hydrogen) atoms. The molecule has 1 N–H and O–H groups in total. The number of hydrogen-bond acceptors (Lipinski definition) is 1. The molecule has 2 amide bonds. The number of rotatable bonds is 4. The normalized spacial score (nSPS) is 21.1. The van der Waals surface area contributed by atoms with E-state index in [2.05, 4.69) is 5.32 Å². The molecule has 2 fully saturated rings. The van der Waals surface area contributed by atoms with E-state index in [1.165, 1.54) is 25.7 Å². The SMILES string of the molecule is CN(C)C(=O)NCC(C1CC1)C1CC1. The van der Waals surface area contributed by atoms with E-state index in [4.69, 9.17) is 0 Å². The molecular weight excluding hydrogens is 176 g/mol. The Bertz CT molecular complexity index is 207. The minimum Gasteiger partial charge on any atom is -0.338 e. The summed E-state index contributed by atoms with van der Waals surface area (Å²) in [6.45, 7) is 0.895. The lowest BCUT2D eigenvalue weighted by atomic mass is 9.98. The van der Waals surface area contributed by atoms with Crippen molar-refractivity contribution in [1.29, 1.82) is 0 Å². The Morgan fingerprint density at radius 2 is 1.79 bits per heavy atom. The molecule has 2 aliphatic carbocycles. The molecular formula is C11H20N2O. The second kappa shape index (κ2) is 3.79. The van der Waals surface area contributed by atoms with Crippen molar-refractivity contribution in [3.63, 3.8) is 0 Å². The second-order valence-corrected chi connectivity index (χ2v) is 4.92. The first-order chi connectivity index (χ1) is 6.68. The quantitative estimate of drug-likeness (QED) is 0.729. The third kappa shape index (κ3) is 2.40. The van der Waals surface area contributed by atoms with E-state index in [0.29, 0.717) is 0 Å². The van der Waals surface area contributed by atoms with Gasteiger partial charge < -0.3 is 10.2 Å². The predicted molar refractivity (Wildman–Crippen MR) is 56.0 cm³/mol. The van der Waals surface area contributed by atoms with Crippen molar-refractivity contribution in [3.05, 3.63) is 0 Å². The number of carbonyl (C=O) groups is 1. The summed E-state index contributed by atoms with van der Waals surface area (Å²) in [6.07, 6.45) is 5.55. The molecule has 3 nitrogen and oxygen atoms in total. The largest absolute Gasteiger partial charge is 0.338 e. The van der Waals surface area contributed by atoms with Gasteiger partial charge in [-0.25, -0.2) is 4.79 Å². The summed E-state index contributed by atoms with van der Waals surface area (Å²) in [5, 5.41) is 3.01. The molecule has 0 aromatic heterocycles.